The first kappa shape index (κ1) is 78.7. The lowest BCUT2D eigenvalue weighted by Gasteiger charge is -2.29. The third-order valence-corrected chi connectivity index (χ3v) is 16.3. The van der Waals surface area contributed by atoms with Crippen LogP contribution in [0.2, 0.25) is 0 Å². The zero-order valence-corrected chi connectivity index (χ0v) is 54.9. The largest absolute Gasteiger partial charge is 0.756 e. The van der Waals surface area contributed by atoms with Gasteiger partial charge in [0.2, 0.25) is 5.91 Å². The van der Waals surface area contributed by atoms with Crippen LogP contribution in [0.4, 0.5) is 0 Å². The molecule has 0 spiro atoms. The van der Waals surface area contributed by atoms with E-state index < -0.39 is 26.6 Å². The summed E-state index contributed by atoms with van der Waals surface area (Å²) < 4.78 is 23.4. The van der Waals surface area contributed by atoms with Crippen molar-refractivity contribution in [1.82, 2.24) is 5.32 Å². The highest BCUT2D eigenvalue weighted by Gasteiger charge is 2.23. The van der Waals surface area contributed by atoms with Gasteiger partial charge in [-0.3, -0.25) is 9.36 Å². The average molecular weight is 1150 g/mol. The third-order valence-electron chi connectivity index (χ3n) is 15.3. The number of phosphoric ester groups is 1. The van der Waals surface area contributed by atoms with E-state index in [0.717, 1.165) is 70.6 Å². The molecular weight excluding hydrogens is 1020 g/mol. The summed E-state index contributed by atoms with van der Waals surface area (Å²) in [5.74, 6) is -0.204. The van der Waals surface area contributed by atoms with Crippen molar-refractivity contribution >= 4 is 13.7 Å². The fourth-order valence-corrected chi connectivity index (χ4v) is 10.7. The van der Waals surface area contributed by atoms with Gasteiger partial charge in [-0.15, -0.1) is 0 Å². The Balaban J connectivity index is 4.07. The Hall–Kier alpha value is -2.32. The van der Waals surface area contributed by atoms with E-state index in [1.807, 2.05) is 27.2 Å². The van der Waals surface area contributed by atoms with Gasteiger partial charge in [0.15, 0.2) is 0 Å². The average Bonchev–Trinajstić information content (AvgIpc) is 3.43. The number of nitrogens with one attached hydrogen (secondary N) is 1. The van der Waals surface area contributed by atoms with Crippen molar-refractivity contribution < 1.29 is 32.9 Å². The Labute approximate surface area is 503 Å². The number of carbonyl (C=O) groups is 1. The van der Waals surface area contributed by atoms with Gasteiger partial charge < -0.3 is 28.8 Å². The number of hydrogen-bond donors (Lipinski definition) is 2. The Bertz CT molecular complexity index is 1600. The molecule has 0 radical (unpaired) electrons. The molecule has 0 rings (SSSR count). The van der Waals surface area contributed by atoms with E-state index in [1.54, 1.807) is 6.08 Å². The molecule has 8 nitrogen and oxygen atoms in total. The number of nitrogens with zero attached hydrogens (tertiary/aromatic N) is 1. The van der Waals surface area contributed by atoms with Crippen molar-refractivity contribution in [2.24, 2.45) is 0 Å². The zero-order chi connectivity index (χ0) is 59.1. The molecule has 0 fully saturated rings. The van der Waals surface area contributed by atoms with Gasteiger partial charge in [0.25, 0.3) is 7.82 Å². The minimum absolute atomic E-state index is 0.00732. The van der Waals surface area contributed by atoms with Gasteiger partial charge in [-0.1, -0.05) is 317 Å². The molecule has 1 amide bonds. The lowest BCUT2D eigenvalue weighted by molar-refractivity contribution is -0.870. The maximum atomic E-state index is 13.0. The molecule has 0 aromatic heterocycles. The maximum absolute atomic E-state index is 13.0. The van der Waals surface area contributed by atoms with Gasteiger partial charge in [-0.25, -0.2) is 0 Å². The Kier molecular flexibility index (Phi) is 60.4. The summed E-state index contributed by atoms with van der Waals surface area (Å²) in [7, 11) is 1.25. The van der Waals surface area contributed by atoms with E-state index in [0.29, 0.717) is 17.4 Å². The number of likely N-dealkylation sites (N-methyl/N-ethyl adjacent to an activating group) is 1. The Morgan fingerprint density at radius 2 is 0.765 bits per heavy atom. The SMILES string of the molecule is CC/C=C\C/C=C\C/C=C\C/C=C\C/C=C\CCCCCCCCCCCCCCCCCCCCCC(=O)NC(COP(=O)([O-])OCC[N+](C)(C)C)C(O)/C=C/CC/C=C/CCCCCCCCCCCCCCCCCCCC. The molecule has 0 aliphatic rings. The molecule has 0 heterocycles. The van der Waals surface area contributed by atoms with Crippen LogP contribution in [0.1, 0.15) is 316 Å². The molecule has 0 saturated carbocycles. The predicted molar refractivity (Wildman–Crippen MR) is 353 cm³/mol. The molecular formula is C72H133N2O6P. The molecule has 3 unspecified atom stereocenters. The number of aliphatic hydroxyl groups excluding tert-OH is 1. The predicted octanol–water partition coefficient (Wildman–Crippen LogP) is 21.3. The van der Waals surface area contributed by atoms with Crippen LogP contribution in [0.15, 0.2) is 85.1 Å². The van der Waals surface area contributed by atoms with Crippen molar-refractivity contribution in [2.75, 3.05) is 40.9 Å². The van der Waals surface area contributed by atoms with Crippen LogP contribution in [-0.2, 0) is 18.4 Å². The molecule has 0 aromatic rings. The molecule has 3 atom stereocenters. The Morgan fingerprint density at radius 3 is 1.15 bits per heavy atom. The first-order valence-corrected chi connectivity index (χ1v) is 35.9. The third kappa shape index (κ3) is 65.1. The number of amides is 1. The molecule has 472 valence electrons. The number of hydrogen-bond acceptors (Lipinski definition) is 6. The standard InChI is InChI=1S/C72H133N2O6P/c1-6-8-10-12-14-16-18-20-22-24-26-28-30-32-33-34-35-36-37-38-39-40-41-42-44-46-48-50-52-54-56-58-60-62-64-66-72(76)73-70(69-80-81(77,78)79-68-67-74(3,4)5)71(75)65-63-61-59-57-55-53-51-49-47-45-43-31-29-27-25-23-21-19-17-15-13-11-9-7-2/h8,10,14,16,20,22,26,28,32-33,55,57,63,65,70-71,75H,6-7,9,11-13,15,17-19,21,23-25,27,29-31,34-54,56,58-62,64,66-69H2,1-5H3,(H-,73,76,77,78)/b10-8-,16-14-,22-20-,28-26-,33-32-,57-55+,65-63+. The van der Waals surface area contributed by atoms with Crippen molar-refractivity contribution in [3.8, 4) is 0 Å². The van der Waals surface area contributed by atoms with Gasteiger partial charge in [0.1, 0.15) is 13.2 Å². The van der Waals surface area contributed by atoms with Gasteiger partial charge >= 0.3 is 0 Å². The second-order valence-electron chi connectivity index (χ2n) is 24.5. The van der Waals surface area contributed by atoms with E-state index in [2.05, 4.69) is 92.1 Å². The van der Waals surface area contributed by atoms with E-state index in [9.17, 15) is 19.4 Å². The summed E-state index contributed by atoms with van der Waals surface area (Å²) in [4.78, 5) is 25.6. The number of rotatable bonds is 63. The molecule has 0 aliphatic carbocycles. The highest BCUT2D eigenvalue weighted by Crippen LogP contribution is 2.38. The van der Waals surface area contributed by atoms with Crippen LogP contribution < -0.4 is 10.2 Å². The number of unbranched alkanes of at least 4 members (excludes halogenated alkanes) is 38. The van der Waals surface area contributed by atoms with E-state index in [-0.39, 0.29) is 12.5 Å². The summed E-state index contributed by atoms with van der Waals surface area (Å²) in [6.07, 6.45) is 88.5. The van der Waals surface area contributed by atoms with Gasteiger partial charge in [-0.05, 0) is 77.0 Å². The molecule has 0 aromatic carbocycles. The summed E-state index contributed by atoms with van der Waals surface area (Å²) >= 11 is 0. The number of carbonyl (C=O) groups excluding carboxylic acids is 1. The molecule has 81 heavy (non-hydrogen) atoms. The highest BCUT2D eigenvalue weighted by atomic mass is 31.2. The van der Waals surface area contributed by atoms with Crippen molar-refractivity contribution in [1.29, 1.82) is 0 Å². The monoisotopic (exact) mass is 1150 g/mol. The summed E-state index contributed by atoms with van der Waals surface area (Å²) in [5, 5.41) is 13.9. The van der Waals surface area contributed by atoms with Crippen molar-refractivity contribution in [3.05, 3.63) is 85.1 Å². The van der Waals surface area contributed by atoms with E-state index in [1.165, 1.54) is 225 Å². The Morgan fingerprint density at radius 1 is 0.444 bits per heavy atom. The number of allylic oxidation sites excluding steroid dienone is 13. The summed E-state index contributed by atoms with van der Waals surface area (Å²) in [6.45, 7) is 4.55. The van der Waals surface area contributed by atoms with Crippen LogP contribution in [0.3, 0.4) is 0 Å². The topological polar surface area (TPSA) is 108 Å². The van der Waals surface area contributed by atoms with Gasteiger partial charge in [0, 0.05) is 6.42 Å². The number of phosphoric acid groups is 1. The minimum atomic E-state index is -4.61. The lowest BCUT2D eigenvalue weighted by atomic mass is 10.0. The second-order valence-corrected chi connectivity index (χ2v) is 25.9. The quantitative estimate of drug-likeness (QED) is 0.0272. The number of quaternary nitrogens is 1. The first-order valence-electron chi connectivity index (χ1n) is 34.4. The fraction of sp³-hybridized carbons (Fsp3) is 0.792. The van der Waals surface area contributed by atoms with Crippen LogP contribution in [0.25, 0.3) is 0 Å². The van der Waals surface area contributed by atoms with Crippen molar-refractivity contribution in [2.45, 2.75) is 328 Å². The molecule has 9 heteroatoms. The molecule has 2 N–H and O–H groups in total. The maximum Gasteiger partial charge on any atom is 0.268 e. The van der Waals surface area contributed by atoms with Crippen molar-refractivity contribution in [3.63, 3.8) is 0 Å². The fourth-order valence-electron chi connectivity index (χ4n) is 10.0. The van der Waals surface area contributed by atoms with Crippen LogP contribution in [-0.4, -0.2) is 68.5 Å². The van der Waals surface area contributed by atoms with Crippen LogP contribution in [0.5, 0.6) is 0 Å². The molecule has 0 bridgehead atoms. The smallest absolute Gasteiger partial charge is 0.268 e. The zero-order valence-electron chi connectivity index (χ0n) is 54.0. The molecule has 0 aliphatic heterocycles. The van der Waals surface area contributed by atoms with Gasteiger partial charge in [0.05, 0.1) is 39.9 Å². The lowest BCUT2D eigenvalue weighted by Crippen LogP contribution is -2.45. The summed E-state index contributed by atoms with van der Waals surface area (Å²) in [5.41, 5.74) is 0. The number of aliphatic hydroxyl groups is 1. The first-order chi connectivity index (χ1) is 39.5. The molecule has 0 saturated heterocycles. The normalized spacial score (nSPS) is 14.2. The second kappa shape index (κ2) is 62.2. The van der Waals surface area contributed by atoms with Crippen LogP contribution in [0, 0.1) is 0 Å². The van der Waals surface area contributed by atoms with E-state index >= 15 is 0 Å². The van der Waals surface area contributed by atoms with Crippen LogP contribution >= 0.6 is 7.82 Å². The summed E-state index contributed by atoms with van der Waals surface area (Å²) in [6, 6.07) is -0.907. The minimum Gasteiger partial charge on any atom is -0.756 e. The highest BCUT2D eigenvalue weighted by molar-refractivity contribution is 7.45. The van der Waals surface area contributed by atoms with Gasteiger partial charge in [-0.2, -0.15) is 0 Å². The van der Waals surface area contributed by atoms with E-state index in [4.69, 9.17) is 9.05 Å².